The SMILES string of the molecule is O=C(NC(=S)N1CCNC1=S)c1cccnc1. The van der Waals surface area contributed by atoms with Gasteiger partial charge in [0, 0.05) is 25.5 Å². The molecule has 0 atom stereocenters. The third-order valence-electron chi connectivity index (χ3n) is 2.25. The maximum Gasteiger partial charge on any atom is 0.258 e. The zero-order valence-electron chi connectivity index (χ0n) is 8.84. The van der Waals surface area contributed by atoms with E-state index in [2.05, 4.69) is 15.6 Å². The Bertz CT molecular complexity index is 463. The largest absolute Gasteiger partial charge is 0.360 e. The molecule has 0 aliphatic carbocycles. The van der Waals surface area contributed by atoms with E-state index in [-0.39, 0.29) is 5.91 Å². The van der Waals surface area contributed by atoms with Gasteiger partial charge in [-0.05, 0) is 36.6 Å². The molecule has 0 aromatic carbocycles. The van der Waals surface area contributed by atoms with E-state index in [0.29, 0.717) is 22.3 Å². The fraction of sp³-hybridized carbons (Fsp3) is 0.200. The van der Waals surface area contributed by atoms with Crippen LogP contribution in [0.4, 0.5) is 0 Å². The molecular weight excluding hydrogens is 256 g/mol. The highest BCUT2D eigenvalue weighted by molar-refractivity contribution is 7.81. The first-order chi connectivity index (χ1) is 8.18. The predicted molar refractivity (Wildman–Crippen MR) is 71.6 cm³/mol. The molecule has 2 N–H and O–H groups in total. The molecule has 1 aromatic heterocycles. The number of carbonyl (C=O) groups is 1. The first-order valence-corrected chi connectivity index (χ1v) is 5.81. The molecule has 0 spiro atoms. The number of rotatable bonds is 1. The summed E-state index contributed by atoms with van der Waals surface area (Å²) in [7, 11) is 0. The highest BCUT2D eigenvalue weighted by Gasteiger charge is 2.21. The van der Waals surface area contributed by atoms with Crippen molar-refractivity contribution in [3.63, 3.8) is 0 Å². The summed E-state index contributed by atoms with van der Waals surface area (Å²) in [5, 5.41) is 6.45. The van der Waals surface area contributed by atoms with Crippen LogP contribution in [0.15, 0.2) is 24.5 Å². The quantitative estimate of drug-likeness (QED) is 0.712. The van der Waals surface area contributed by atoms with Crippen LogP contribution in [0.3, 0.4) is 0 Å². The van der Waals surface area contributed by atoms with Gasteiger partial charge < -0.3 is 5.32 Å². The average Bonchev–Trinajstić information content (AvgIpc) is 2.76. The van der Waals surface area contributed by atoms with Crippen LogP contribution in [0.25, 0.3) is 0 Å². The van der Waals surface area contributed by atoms with Gasteiger partial charge in [0.05, 0.1) is 5.56 Å². The lowest BCUT2D eigenvalue weighted by Crippen LogP contribution is -2.44. The maximum absolute atomic E-state index is 11.8. The second kappa shape index (κ2) is 5.15. The summed E-state index contributed by atoms with van der Waals surface area (Å²) in [5.74, 6) is -0.280. The van der Waals surface area contributed by atoms with Gasteiger partial charge in [-0.2, -0.15) is 0 Å². The normalized spacial score (nSPS) is 14.4. The van der Waals surface area contributed by atoms with E-state index in [4.69, 9.17) is 24.4 Å². The van der Waals surface area contributed by atoms with Gasteiger partial charge in [-0.1, -0.05) is 0 Å². The van der Waals surface area contributed by atoms with Crippen molar-refractivity contribution in [3.05, 3.63) is 30.1 Å². The van der Waals surface area contributed by atoms with Crippen LogP contribution in [0.1, 0.15) is 10.4 Å². The molecule has 5 nitrogen and oxygen atoms in total. The van der Waals surface area contributed by atoms with Crippen molar-refractivity contribution in [3.8, 4) is 0 Å². The highest BCUT2D eigenvalue weighted by Crippen LogP contribution is 2.00. The second-order valence-corrected chi connectivity index (χ2v) is 4.16. The summed E-state index contributed by atoms with van der Waals surface area (Å²) in [4.78, 5) is 17.3. The molecule has 1 aromatic rings. The monoisotopic (exact) mass is 266 g/mol. The summed E-state index contributed by atoms with van der Waals surface area (Å²) < 4.78 is 0. The molecule has 7 heteroatoms. The smallest absolute Gasteiger partial charge is 0.258 e. The minimum Gasteiger partial charge on any atom is -0.360 e. The Balaban J connectivity index is 2.00. The number of pyridine rings is 1. The molecule has 0 saturated carbocycles. The molecule has 0 bridgehead atoms. The first kappa shape index (κ1) is 11.9. The molecule has 0 unspecified atom stereocenters. The van der Waals surface area contributed by atoms with E-state index in [0.717, 1.165) is 6.54 Å². The third kappa shape index (κ3) is 2.75. The summed E-state index contributed by atoms with van der Waals surface area (Å²) in [5.41, 5.74) is 0.466. The molecular formula is C10H10N4OS2. The Morgan fingerprint density at radius 3 is 3.00 bits per heavy atom. The van der Waals surface area contributed by atoms with Crippen LogP contribution in [0, 0.1) is 0 Å². The van der Waals surface area contributed by atoms with E-state index in [9.17, 15) is 4.79 Å². The number of hydrogen-bond donors (Lipinski definition) is 2. The minimum absolute atomic E-state index is 0.280. The molecule has 1 fully saturated rings. The number of carbonyl (C=O) groups excluding carboxylic acids is 1. The van der Waals surface area contributed by atoms with Gasteiger partial charge in [-0.15, -0.1) is 0 Å². The summed E-state index contributed by atoms with van der Waals surface area (Å²) in [6, 6.07) is 3.37. The lowest BCUT2D eigenvalue weighted by atomic mass is 10.3. The molecule has 2 heterocycles. The molecule has 1 aliphatic heterocycles. The van der Waals surface area contributed by atoms with Gasteiger partial charge in [0.2, 0.25) is 0 Å². The zero-order valence-corrected chi connectivity index (χ0v) is 10.5. The summed E-state index contributed by atoms with van der Waals surface area (Å²) in [6.45, 7) is 1.41. The Labute approximate surface area is 109 Å². The lowest BCUT2D eigenvalue weighted by Gasteiger charge is -2.17. The van der Waals surface area contributed by atoms with E-state index in [1.54, 1.807) is 23.2 Å². The van der Waals surface area contributed by atoms with Gasteiger partial charge in [-0.25, -0.2) is 0 Å². The van der Waals surface area contributed by atoms with E-state index < -0.39 is 0 Å². The number of nitrogens with zero attached hydrogens (tertiary/aromatic N) is 2. The Morgan fingerprint density at radius 2 is 2.41 bits per heavy atom. The van der Waals surface area contributed by atoms with Crippen LogP contribution in [-0.4, -0.2) is 39.1 Å². The predicted octanol–water partition coefficient (Wildman–Crippen LogP) is 0.286. The number of hydrogen-bond acceptors (Lipinski definition) is 4. The Hall–Kier alpha value is -1.60. The molecule has 1 saturated heterocycles. The van der Waals surface area contributed by atoms with Crippen molar-refractivity contribution in [1.82, 2.24) is 20.5 Å². The van der Waals surface area contributed by atoms with Crippen molar-refractivity contribution in [2.45, 2.75) is 0 Å². The highest BCUT2D eigenvalue weighted by atomic mass is 32.1. The van der Waals surface area contributed by atoms with Crippen molar-refractivity contribution >= 4 is 40.6 Å². The Morgan fingerprint density at radius 1 is 1.59 bits per heavy atom. The van der Waals surface area contributed by atoms with Crippen molar-refractivity contribution in [2.24, 2.45) is 0 Å². The van der Waals surface area contributed by atoms with Crippen molar-refractivity contribution < 1.29 is 4.79 Å². The molecule has 1 amide bonds. The van der Waals surface area contributed by atoms with E-state index in [1.165, 1.54) is 6.20 Å². The topological polar surface area (TPSA) is 57.3 Å². The molecule has 88 valence electrons. The standard InChI is InChI=1S/C10H10N4OS2/c15-8(7-2-1-3-11-6-7)13-10(17)14-5-4-12-9(14)16/h1-3,6H,4-5H2,(H,12,16)(H,13,15,17). The summed E-state index contributed by atoms with van der Waals surface area (Å²) in [6.07, 6.45) is 3.09. The molecule has 0 radical (unpaired) electrons. The lowest BCUT2D eigenvalue weighted by molar-refractivity contribution is 0.0975. The van der Waals surface area contributed by atoms with Crippen molar-refractivity contribution in [2.75, 3.05) is 13.1 Å². The van der Waals surface area contributed by atoms with Crippen LogP contribution in [0.2, 0.25) is 0 Å². The van der Waals surface area contributed by atoms with Gasteiger partial charge in [-0.3, -0.25) is 20.0 Å². The fourth-order valence-corrected chi connectivity index (χ4v) is 2.02. The average molecular weight is 266 g/mol. The van der Waals surface area contributed by atoms with Crippen LogP contribution >= 0.6 is 24.4 Å². The summed E-state index contributed by atoms with van der Waals surface area (Å²) >= 11 is 10.2. The van der Waals surface area contributed by atoms with Gasteiger partial charge >= 0.3 is 0 Å². The van der Waals surface area contributed by atoms with Gasteiger partial charge in [0.1, 0.15) is 0 Å². The number of thiocarbonyl (C=S) groups is 2. The molecule has 17 heavy (non-hydrogen) atoms. The van der Waals surface area contributed by atoms with E-state index in [1.807, 2.05) is 0 Å². The number of amides is 1. The number of aromatic nitrogens is 1. The van der Waals surface area contributed by atoms with Gasteiger partial charge in [0.25, 0.3) is 5.91 Å². The van der Waals surface area contributed by atoms with Crippen LogP contribution < -0.4 is 10.6 Å². The van der Waals surface area contributed by atoms with Crippen LogP contribution in [-0.2, 0) is 0 Å². The molecule has 1 aliphatic rings. The minimum atomic E-state index is -0.280. The number of nitrogens with one attached hydrogen (secondary N) is 2. The second-order valence-electron chi connectivity index (χ2n) is 3.38. The van der Waals surface area contributed by atoms with Crippen LogP contribution in [0.5, 0.6) is 0 Å². The molecule has 2 rings (SSSR count). The fourth-order valence-electron chi connectivity index (χ4n) is 1.40. The zero-order chi connectivity index (χ0) is 12.3. The van der Waals surface area contributed by atoms with Crippen molar-refractivity contribution in [1.29, 1.82) is 0 Å². The first-order valence-electron chi connectivity index (χ1n) is 4.99. The van der Waals surface area contributed by atoms with E-state index >= 15 is 0 Å². The Kier molecular flexibility index (Phi) is 3.60. The third-order valence-corrected chi connectivity index (χ3v) is 2.93. The maximum atomic E-state index is 11.8. The van der Waals surface area contributed by atoms with Gasteiger partial charge in [0.15, 0.2) is 10.2 Å².